The molecule has 2 N–H and O–H groups in total. The van der Waals surface area contributed by atoms with Gasteiger partial charge in [0, 0.05) is 32.2 Å². The van der Waals surface area contributed by atoms with Crippen molar-refractivity contribution < 1.29 is 50.5 Å². The smallest absolute Gasteiger partial charge is 0.443 e. The molecule has 16 heteroatoms. The second-order valence-corrected chi connectivity index (χ2v) is 14.9. The first-order valence-corrected chi connectivity index (χ1v) is 17.2. The Morgan fingerprint density at radius 2 is 1.86 bits per heavy atom. The number of carbonyl (C=O) groups excluding carboxylic acids is 2. The van der Waals surface area contributed by atoms with Crippen LogP contribution in [-0.2, 0) is 35.4 Å². The van der Waals surface area contributed by atoms with Crippen molar-refractivity contribution in [2.75, 3.05) is 38.3 Å². The number of carbonyl (C=O) groups is 2. The predicted molar refractivity (Wildman–Crippen MR) is 170 cm³/mol. The van der Waals surface area contributed by atoms with Crippen LogP contribution in [0.1, 0.15) is 38.7 Å². The van der Waals surface area contributed by atoms with Gasteiger partial charge in [0.1, 0.15) is 6.10 Å². The van der Waals surface area contributed by atoms with Gasteiger partial charge in [-0.05, 0) is 48.4 Å². The van der Waals surface area contributed by atoms with Gasteiger partial charge in [-0.2, -0.15) is 22.7 Å². The van der Waals surface area contributed by atoms with Crippen molar-refractivity contribution in [2.45, 2.75) is 75.1 Å². The van der Waals surface area contributed by atoms with Gasteiger partial charge in [0.2, 0.25) is 10.0 Å². The molecular weight excluding hydrogens is 669 g/mol. The van der Waals surface area contributed by atoms with Crippen LogP contribution >= 0.6 is 0 Å². The Balaban J connectivity index is 1.62. The zero-order valence-corrected chi connectivity index (χ0v) is 28.2. The number of sulfonamides is 1. The number of alkyl halides is 3. The van der Waals surface area contributed by atoms with Crippen molar-refractivity contribution in [1.82, 2.24) is 9.62 Å². The molecule has 0 aliphatic carbocycles. The van der Waals surface area contributed by atoms with Crippen LogP contribution in [-0.4, -0.2) is 93.9 Å². The van der Waals surface area contributed by atoms with Crippen molar-refractivity contribution in [3.8, 4) is 6.07 Å². The zero-order valence-electron chi connectivity index (χ0n) is 27.4. The van der Waals surface area contributed by atoms with E-state index in [4.69, 9.17) is 14.2 Å². The van der Waals surface area contributed by atoms with E-state index >= 15 is 0 Å². The molecule has 2 aliphatic heterocycles. The Bertz CT molecular complexity index is 1600. The molecule has 2 saturated heterocycles. The van der Waals surface area contributed by atoms with E-state index in [-0.39, 0.29) is 37.6 Å². The number of rotatable bonds is 14. The van der Waals surface area contributed by atoms with E-state index in [9.17, 15) is 41.5 Å². The lowest BCUT2D eigenvalue weighted by atomic mass is 9.88. The van der Waals surface area contributed by atoms with Crippen molar-refractivity contribution in [2.24, 2.45) is 11.3 Å². The average molecular weight is 711 g/mol. The molecule has 2 amide bonds. The van der Waals surface area contributed by atoms with Gasteiger partial charge >= 0.3 is 18.2 Å². The topological polar surface area (TPSA) is 158 Å². The normalized spacial score (nSPS) is 20.7. The molecule has 0 spiro atoms. The van der Waals surface area contributed by atoms with Gasteiger partial charge < -0.3 is 29.5 Å². The fraction of sp³-hybridized carbons (Fsp3) is 0.545. The van der Waals surface area contributed by atoms with Crippen LogP contribution in [0.4, 0.5) is 23.7 Å². The number of aliphatic hydroxyl groups excluding tert-OH is 1. The van der Waals surface area contributed by atoms with Crippen LogP contribution in [0.25, 0.3) is 0 Å². The van der Waals surface area contributed by atoms with Gasteiger partial charge in [-0.15, -0.1) is 0 Å². The number of ether oxygens (including phenoxy) is 3. The summed E-state index contributed by atoms with van der Waals surface area (Å²) in [5.41, 5.74) is -0.369. The molecule has 5 unspecified atom stereocenters. The minimum Gasteiger partial charge on any atom is -0.443 e. The summed E-state index contributed by atoms with van der Waals surface area (Å²) in [6.45, 7) is 3.36. The quantitative estimate of drug-likeness (QED) is 0.296. The summed E-state index contributed by atoms with van der Waals surface area (Å²) >= 11 is 0. The highest BCUT2D eigenvalue weighted by atomic mass is 32.2. The first-order chi connectivity index (χ1) is 23.0. The van der Waals surface area contributed by atoms with E-state index in [1.807, 2.05) is 6.07 Å². The molecule has 268 valence electrons. The summed E-state index contributed by atoms with van der Waals surface area (Å²) in [6, 6.07) is 14.4. The standard InChI is InChI=1S/C33H41F3N4O8S/c1-32(2,14-8-15-37)21-40(49(44,45)24-12-7-11-23(18-24)39(3)30(42)33(34,35)36)19-27(41)26(17-22-9-5-4-6-10-22)38-31(43)48-28-20-47-29-25(28)13-16-46-29/h4-7,9-12,18,25-29,41H,8,13-14,16-17,19-21H2,1-3H3,(H,38,43). The number of halogens is 3. The lowest BCUT2D eigenvalue weighted by Gasteiger charge is -2.35. The Kier molecular flexibility index (Phi) is 12.3. The van der Waals surface area contributed by atoms with Crippen LogP contribution in [0, 0.1) is 22.7 Å². The summed E-state index contributed by atoms with van der Waals surface area (Å²) in [6.07, 6.45) is -7.42. The molecule has 49 heavy (non-hydrogen) atoms. The Hall–Kier alpha value is -3.75. The van der Waals surface area contributed by atoms with E-state index in [1.165, 1.54) is 18.2 Å². The van der Waals surface area contributed by atoms with Crippen LogP contribution < -0.4 is 10.2 Å². The van der Waals surface area contributed by atoms with Gasteiger partial charge in [0.25, 0.3) is 0 Å². The second kappa shape index (κ2) is 15.9. The maximum absolute atomic E-state index is 14.2. The van der Waals surface area contributed by atoms with E-state index in [0.29, 0.717) is 24.3 Å². The van der Waals surface area contributed by atoms with Crippen molar-refractivity contribution in [1.29, 1.82) is 5.26 Å². The Labute approximate surface area is 283 Å². The molecule has 0 saturated carbocycles. The highest BCUT2D eigenvalue weighted by Crippen LogP contribution is 2.33. The SMILES string of the molecule is CN(C(=O)C(F)(F)F)c1cccc(S(=O)(=O)N(CC(O)C(Cc2ccccc2)NC(=O)OC2COC3OCCC23)CC(C)(C)CCC#N)c1. The fourth-order valence-corrected chi connectivity index (χ4v) is 7.55. The third kappa shape index (κ3) is 9.92. The van der Waals surface area contributed by atoms with E-state index in [1.54, 1.807) is 44.2 Å². The van der Waals surface area contributed by atoms with Crippen molar-refractivity contribution in [3.05, 3.63) is 60.2 Å². The molecule has 12 nitrogen and oxygen atoms in total. The molecule has 2 fully saturated rings. The minimum absolute atomic E-state index is 0.0962. The lowest BCUT2D eigenvalue weighted by molar-refractivity contribution is -0.170. The van der Waals surface area contributed by atoms with Gasteiger partial charge in [0.15, 0.2) is 6.29 Å². The van der Waals surface area contributed by atoms with E-state index in [2.05, 4.69) is 5.32 Å². The number of nitrogens with zero attached hydrogens (tertiary/aromatic N) is 3. The van der Waals surface area contributed by atoms with Crippen molar-refractivity contribution >= 4 is 27.7 Å². The van der Waals surface area contributed by atoms with E-state index < -0.39 is 69.6 Å². The molecule has 5 atom stereocenters. The molecule has 2 aromatic carbocycles. The highest BCUT2D eigenvalue weighted by Gasteiger charge is 2.45. The first-order valence-electron chi connectivity index (χ1n) is 15.8. The number of nitriles is 1. The van der Waals surface area contributed by atoms with Gasteiger partial charge in [-0.1, -0.05) is 50.2 Å². The molecule has 0 bridgehead atoms. The lowest BCUT2D eigenvalue weighted by Crippen LogP contribution is -2.52. The highest BCUT2D eigenvalue weighted by molar-refractivity contribution is 7.89. The average Bonchev–Trinajstić information content (AvgIpc) is 3.67. The molecule has 2 aromatic rings. The number of hydrogen-bond acceptors (Lipinski definition) is 9. The van der Waals surface area contributed by atoms with Crippen LogP contribution in [0.2, 0.25) is 0 Å². The first kappa shape index (κ1) is 38.1. The number of alkyl carbamates (subject to hydrolysis) is 1. The van der Waals surface area contributed by atoms with Crippen molar-refractivity contribution in [3.63, 3.8) is 0 Å². The number of hydrogen-bond donors (Lipinski definition) is 2. The number of benzene rings is 2. The molecule has 0 radical (unpaired) electrons. The summed E-state index contributed by atoms with van der Waals surface area (Å²) in [4.78, 5) is 24.9. The number of nitrogens with one attached hydrogen (secondary N) is 1. The largest absolute Gasteiger partial charge is 0.471 e. The number of anilines is 1. The Morgan fingerprint density at radius 3 is 2.53 bits per heavy atom. The minimum atomic E-state index is -5.19. The van der Waals surface area contributed by atoms with Crippen LogP contribution in [0.3, 0.4) is 0 Å². The molecule has 2 heterocycles. The molecule has 0 aromatic heterocycles. The van der Waals surface area contributed by atoms with Crippen LogP contribution in [0.15, 0.2) is 59.5 Å². The maximum atomic E-state index is 14.2. The number of fused-ring (bicyclic) bond motifs is 1. The second-order valence-electron chi connectivity index (χ2n) is 13.0. The number of aliphatic hydroxyl groups is 1. The summed E-state index contributed by atoms with van der Waals surface area (Å²) < 4.78 is 85.5. The van der Waals surface area contributed by atoms with Crippen LogP contribution in [0.5, 0.6) is 0 Å². The third-order valence-corrected chi connectivity index (χ3v) is 10.4. The summed E-state index contributed by atoms with van der Waals surface area (Å²) in [5.74, 6) is -2.32. The Morgan fingerprint density at radius 1 is 1.14 bits per heavy atom. The van der Waals surface area contributed by atoms with E-state index in [0.717, 1.165) is 23.0 Å². The zero-order chi connectivity index (χ0) is 36.0. The van der Waals surface area contributed by atoms with Gasteiger partial charge in [0.05, 0.1) is 42.2 Å². The molecular formula is C33H41F3N4O8S. The fourth-order valence-electron chi connectivity index (χ4n) is 5.87. The number of amides is 2. The summed E-state index contributed by atoms with van der Waals surface area (Å²) in [7, 11) is -3.66. The molecule has 4 rings (SSSR count). The van der Waals surface area contributed by atoms with Gasteiger partial charge in [-0.25, -0.2) is 13.2 Å². The monoisotopic (exact) mass is 710 g/mol. The maximum Gasteiger partial charge on any atom is 0.471 e. The molecule has 2 aliphatic rings. The third-order valence-electron chi connectivity index (χ3n) is 8.61. The van der Waals surface area contributed by atoms with Gasteiger partial charge in [-0.3, -0.25) is 4.79 Å². The predicted octanol–water partition coefficient (Wildman–Crippen LogP) is 3.99. The summed E-state index contributed by atoms with van der Waals surface area (Å²) in [5, 5.41) is 23.5.